The summed E-state index contributed by atoms with van der Waals surface area (Å²) in [4.78, 5) is 2.10. The summed E-state index contributed by atoms with van der Waals surface area (Å²) < 4.78 is 20.4. The molecule has 54 valence electrons. The molecule has 1 atom stereocenters. The van der Waals surface area contributed by atoms with Crippen LogP contribution in [0.4, 0.5) is 0 Å². The number of likely N-dealkylation sites (tertiary alicyclic amines) is 1. The predicted octanol–water partition coefficient (Wildman–Crippen LogP) is -0.430. The third-order valence-electron chi connectivity index (χ3n) is 1.64. The second kappa shape index (κ2) is 2.77. The molecule has 1 aliphatic rings. The Balaban J connectivity index is 2.19. The molecule has 0 aliphatic carbocycles. The zero-order valence-electron chi connectivity index (χ0n) is 5.37. The summed E-state index contributed by atoms with van der Waals surface area (Å²) in [5, 5.41) is -0.0926. The molecule has 0 aromatic carbocycles. The molecule has 3 nitrogen and oxygen atoms in total. The molecular formula is C5H10NO2S-. The van der Waals surface area contributed by atoms with Gasteiger partial charge in [-0.05, 0) is 17.6 Å². The molecule has 1 saturated heterocycles. The molecule has 1 heterocycles. The van der Waals surface area contributed by atoms with E-state index in [-0.39, 0.29) is 5.25 Å². The largest absolute Gasteiger partial charge is 0.772 e. The third-order valence-corrected chi connectivity index (χ3v) is 2.49. The van der Waals surface area contributed by atoms with Crippen LogP contribution in [0.25, 0.3) is 0 Å². The molecule has 0 aromatic rings. The van der Waals surface area contributed by atoms with Crippen molar-refractivity contribution in [1.82, 2.24) is 4.90 Å². The van der Waals surface area contributed by atoms with Crippen molar-refractivity contribution in [2.45, 2.75) is 12.2 Å². The zero-order chi connectivity index (χ0) is 6.85. The molecule has 1 unspecified atom stereocenters. The molecule has 0 aromatic heterocycles. The van der Waals surface area contributed by atoms with Gasteiger partial charge in [0.15, 0.2) is 0 Å². The van der Waals surface area contributed by atoms with Gasteiger partial charge in [-0.1, -0.05) is 6.92 Å². The highest BCUT2D eigenvalue weighted by atomic mass is 32.2. The van der Waals surface area contributed by atoms with Crippen LogP contribution < -0.4 is 0 Å². The molecule has 1 fully saturated rings. The van der Waals surface area contributed by atoms with Crippen molar-refractivity contribution < 1.29 is 8.76 Å². The topological polar surface area (TPSA) is 43.4 Å². The highest BCUT2D eigenvalue weighted by molar-refractivity contribution is 7.79. The van der Waals surface area contributed by atoms with Crippen molar-refractivity contribution in [2.75, 3.05) is 19.6 Å². The normalized spacial score (nSPS) is 25.6. The van der Waals surface area contributed by atoms with Gasteiger partial charge in [0.2, 0.25) is 0 Å². The fourth-order valence-corrected chi connectivity index (χ4v) is 1.57. The van der Waals surface area contributed by atoms with E-state index >= 15 is 0 Å². The van der Waals surface area contributed by atoms with Gasteiger partial charge in [0, 0.05) is 18.3 Å². The number of hydrogen-bond donors (Lipinski definition) is 0. The third kappa shape index (κ3) is 1.50. The SMILES string of the molecule is CCN1CC(S(=O)[O-])C1. The Morgan fingerprint density at radius 1 is 1.78 bits per heavy atom. The molecular weight excluding hydrogens is 138 g/mol. The molecule has 0 radical (unpaired) electrons. The highest BCUT2D eigenvalue weighted by Gasteiger charge is 2.25. The lowest BCUT2D eigenvalue weighted by Crippen LogP contribution is -2.52. The Kier molecular flexibility index (Phi) is 2.21. The van der Waals surface area contributed by atoms with Crippen LogP contribution in [0, 0.1) is 0 Å². The quantitative estimate of drug-likeness (QED) is 0.499. The minimum Gasteiger partial charge on any atom is -0.772 e. The van der Waals surface area contributed by atoms with E-state index in [1.807, 2.05) is 6.92 Å². The fraction of sp³-hybridized carbons (Fsp3) is 1.00. The van der Waals surface area contributed by atoms with E-state index in [4.69, 9.17) is 0 Å². The summed E-state index contributed by atoms with van der Waals surface area (Å²) in [5.74, 6) is 0. The molecule has 1 rings (SSSR count). The standard InChI is InChI=1S/C5H11NO2S/c1-2-6-3-5(4-6)9(7)8/h5H,2-4H2,1H3,(H,7,8)/p-1. The van der Waals surface area contributed by atoms with Crippen molar-refractivity contribution in [3.63, 3.8) is 0 Å². The average Bonchev–Trinajstić information content (AvgIpc) is 1.61. The lowest BCUT2D eigenvalue weighted by atomic mass is 10.2. The summed E-state index contributed by atoms with van der Waals surface area (Å²) in [6.45, 7) is 4.46. The molecule has 9 heavy (non-hydrogen) atoms. The molecule has 0 bridgehead atoms. The van der Waals surface area contributed by atoms with Crippen molar-refractivity contribution in [1.29, 1.82) is 0 Å². The first-order chi connectivity index (χ1) is 4.24. The first kappa shape index (κ1) is 7.18. The molecule has 0 saturated carbocycles. The fourth-order valence-electron chi connectivity index (χ4n) is 0.902. The summed E-state index contributed by atoms with van der Waals surface area (Å²) in [7, 11) is 0. The van der Waals surface area contributed by atoms with E-state index in [1.54, 1.807) is 0 Å². The monoisotopic (exact) mass is 148 g/mol. The zero-order valence-corrected chi connectivity index (χ0v) is 6.19. The Morgan fingerprint density at radius 2 is 2.33 bits per heavy atom. The second-order valence-electron chi connectivity index (χ2n) is 2.23. The van der Waals surface area contributed by atoms with Gasteiger partial charge in [0.1, 0.15) is 0 Å². The Morgan fingerprint density at radius 3 is 2.67 bits per heavy atom. The lowest BCUT2D eigenvalue weighted by molar-refractivity contribution is 0.193. The first-order valence-corrected chi connectivity index (χ1v) is 4.18. The van der Waals surface area contributed by atoms with E-state index < -0.39 is 11.1 Å². The van der Waals surface area contributed by atoms with E-state index in [0.29, 0.717) is 0 Å². The van der Waals surface area contributed by atoms with Crippen molar-refractivity contribution in [3.8, 4) is 0 Å². The van der Waals surface area contributed by atoms with Gasteiger partial charge in [-0.2, -0.15) is 0 Å². The van der Waals surface area contributed by atoms with E-state index in [1.165, 1.54) is 0 Å². The summed E-state index contributed by atoms with van der Waals surface area (Å²) in [5.41, 5.74) is 0. The highest BCUT2D eigenvalue weighted by Crippen LogP contribution is 2.10. The van der Waals surface area contributed by atoms with Gasteiger partial charge in [0.05, 0.1) is 0 Å². The Labute approximate surface area is 57.3 Å². The summed E-state index contributed by atoms with van der Waals surface area (Å²) in [6, 6.07) is 0. The molecule has 0 N–H and O–H groups in total. The van der Waals surface area contributed by atoms with Crippen LogP contribution in [-0.2, 0) is 11.1 Å². The minimum absolute atomic E-state index is 0.0926. The maximum atomic E-state index is 10.2. The maximum Gasteiger partial charge on any atom is 0.0470 e. The number of nitrogens with zero attached hydrogens (tertiary/aromatic N) is 1. The van der Waals surface area contributed by atoms with E-state index in [9.17, 15) is 8.76 Å². The van der Waals surface area contributed by atoms with Gasteiger partial charge in [-0.3, -0.25) is 4.21 Å². The van der Waals surface area contributed by atoms with Crippen molar-refractivity contribution in [2.24, 2.45) is 0 Å². The van der Waals surface area contributed by atoms with Crippen molar-refractivity contribution >= 4 is 11.1 Å². The van der Waals surface area contributed by atoms with Gasteiger partial charge < -0.3 is 9.45 Å². The second-order valence-corrected chi connectivity index (χ2v) is 3.42. The lowest BCUT2D eigenvalue weighted by Gasteiger charge is -2.39. The molecule has 0 amide bonds. The van der Waals surface area contributed by atoms with E-state index in [2.05, 4.69) is 4.90 Å². The van der Waals surface area contributed by atoms with Crippen molar-refractivity contribution in [3.05, 3.63) is 0 Å². The van der Waals surface area contributed by atoms with Crippen LogP contribution in [0.1, 0.15) is 6.92 Å². The van der Waals surface area contributed by atoms with Crippen LogP contribution in [0.15, 0.2) is 0 Å². The van der Waals surface area contributed by atoms with Crippen LogP contribution in [0.3, 0.4) is 0 Å². The molecule has 4 heteroatoms. The average molecular weight is 148 g/mol. The number of hydrogen-bond acceptors (Lipinski definition) is 3. The van der Waals surface area contributed by atoms with Crippen LogP contribution in [0.2, 0.25) is 0 Å². The Hall–Kier alpha value is 0.0700. The summed E-state index contributed by atoms with van der Waals surface area (Å²) >= 11 is -1.84. The van der Waals surface area contributed by atoms with Crippen LogP contribution >= 0.6 is 0 Å². The molecule has 1 aliphatic heterocycles. The Bertz CT molecular complexity index is 122. The first-order valence-electron chi connectivity index (χ1n) is 3.04. The van der Waals surface area contributed by atoms with Gasteiger partial charge in [-0.25, -0.2) is 0 Å². The maximum absolute atomic E-state index is 10.2. The molecule has 0 spiro atoms. The van der Waals surface area contributed by atoms with Gasteiger partial charge >= 0.3 is 0 Å². The van der Waals surface area contributed by atoms with Gasteiger partial charge in [-0.15, -0.1) is 0 Å². The minimum atomic E-state index is -1.84. The predicted molar refractivity (Wildman–Crippen MR) is 34.8 cm³/mol. The summed E-state index contributed by atoms with van der Waals surface area (Å²) in [6.07, 6.45) is 0. The van der Waals surface area contributed by atoms with Crippen LogP contribution in [0.5, 0.6) is 0 Å². The van der Waals surface area contributed by atoms with Crippen LogP contribution in [-0.4, -0.2) is 38.5 Å². The number of rotatable bonds is 2. The van der Waals surface area contributed by atoms with Gasteiger partial charge in [0.25, 0.3) is 0 Å². The smallest absolute Gasteiger partial charge is 0.0470 e. The van der Waals surface area contributed by atoms with E-state index in [0.717, 1.165) is 19.6 Å².